The number of benzene rings is 1. The van der Waals surface area contributed by atoms with Gasteiger partial charge in [-0.15, -0.1) is 0 Å². The van der Waals surface area contributed by atoms with Gasteiger partial charge in [0.15, 0.2) is 0 Å². The van der Waals surface area contributed by atoms with Crippen molar-refractivity contribution in [1.82, 2.24) is 0 Å². The molecule has 0 N–H and O–H groups in total. The molecule has 1 aromatic carbocycles. The lowest BCUT2D eigenvalue weighted by Crippen LogP contribution is -1.95. The van der Waals surface area contributed by atoms with E-state index in [0.29, 0.717) is 5.92 Å². The van der Waals surface area contributed by atoms with Gasteiger partial charge >= 0.3 is 0 Å². The van der Waals surface area contributed by atoms with Gasteiger partial charge in [0.25, 0.3) is 0 Å². The van der Waals surface area contributed by atoms with Crippen LogP contribution in [0.2, 0.25) is 0 Å². The van der Waals surface area contributed by atoms with Gasteiger partial charge < -0.3 is 0 Å². The molecule has 72 valence electrons. The lowest BCUT2D eigenvalue weighted by Gasteiger charge is -2.09. The van der Waals surface area contributed by atoms with E-state index in [-0.39, 0.29) is 5.56 Å². The minimum Gasteiger partial charge on any atom is -0.242 e. The van der Waals surface area contributed by atoms with Gasteiger partial charge in [-0.2, -0.15) is 0 Å². The Balaban J connectivity index is 3.11. The normalized spacial score (nSPS) is 13.4. The van der Waals surface area contributed by atoms with E-state index >= 15 is 0 Å². The first-order valence-corrected chi connectivity index (χ1v) is 4.45. The summed E-state index contributed by atoms with van der Waals surface area (Å²) in [6.45, 7) is 5.35. The van der Waals surface area contributed by atoms with Crippen molar-refractivity contribution in [3.63, 3.8) is 0 Å². The summed E-state index contributed by atoms with van der Waals surface area (Å²) < 4.78 is 25.9. The molecule has 1 rings (SSSR count). The molecule has 0 saturated carbocycles. The maximum Gasteiger partial charge on any atom is 0.129 e. The van der Waals surface area contributed by atoms with Crippen molar-refractivity contribution in [2.75, 3.05) is 0 Å². The molecule has 0 spiro atoms. The Morgan fingerprint density at radius 1 is 1.15 bits per heavy atom. The molecular formula is C11H14F2. The molecule has 1 atom stereocenters. The van der Waals surface area contributed by atoms with Gasteiger partial charge in [0, 0.05) is 5.56 Å². The monoisotopic (exact) mass is 184 g/mol. The third-order valence-electron chi connectivity index (χ3n) is 2.12. The molecule has 0 fully saturated rings. The zero-order chi connectivity index (χ0) is 10.0. The van der Waals surface area contributed by atoms with Crippen LogP contribution < -0.4 is 0 Å². The Kier molecular flexibility index (Phi) is 3.02. The van der Waals surface area contributed by atoms with E-state index in [2.05, 4.69) is 0 Å². The highest BCUT2D eigenvalue weighted by Gasteiger charge is 2.11. The van der Waals surface area contributed by atoms with Crippen molar-refractivity contribution in [2.24, 2.45) is 0 Å². The molecule has 0 radical (unpaired) electrons. The maximum atomic E-state index is 13.0. The fourth-order valence-corrected chi connectivity index (χ4v) is 1.23. The largest absolute Gasteiger partial charge is 0.242 e. The van der Waals surface area contributed by atoms with Crippen LogP contribution in [0, 0.1) is 5.82 Å². The predicted octanol–water partition coefficient (Wildman–Crippen LogP) is 3.98. The smallest absolute Gasteiger partial charge is 0.129 e. The van der Waals surface area contributed by atoms with Crippen molar-refractivity contribution >= 4 is 0 Å². The Bertz CT molecular complexity index is 290. The van der Waals surface area contributed by atoms with E-state index in [0.717, 1.165) is 5.56 Å². The summed E-state index contributed by atoms with van der Waals surface area (Å²) in [4.78, 5) is 0. The standard InChI is InChI=1S/C11H14F2/c1-7(2)9-4-5-11(13)10(6-9)8(3)12/h4-8H,1-3H3. The average molecular weight is 184 g/mol. The maximum absolute atomic E-state index is 13.0. The lowest BCUT2D eigenvalue weighted by atomic mass is 9.99. The van der Waals surface area contributed by atoms with Gasteiger partial charge in [0.2, 0.25) is 0 Å². The van der Waals surface area contributed by atoms with E-state index in [1.807, 2.05) is 13.8 Å². The van der Waals surface area contributed by atoms with E-state index in [4.69, 9.17) is 0 Å². The molecule has 0 aliphatic heterocycles. The fourth-order valence-electron chi connectivity index (χ4n) is 1.23. The second-order valence-corrected chi connectivity index (χ2v) is 3.55. The van der Waals surface area contributed by atoms with Gasteiger partial charge in [0.05, 0.1) is 0 Å². The SMILES string of the molecule is CC(C)c1ccc(F)c(C(C)F)c1. The average Bonchev–Trinajstić information content (AvgIpc) is 2.04. The second-order valence-electron chi connectivity index (χ2n) is 3.55. The highest BCUT2D eigenvalue weighted by molar-refractivity contribution is 5.28. The molecule has 0 aliphatic rings. The van der Waals surface area contributed by atoms with E-state index < -0.39 is 12.0 Å². The zero-order valence-corrected chi connectivity index (χ0v) is 8.14. The van der Waals surface area contributed by atoms with Crippen molar-refractivity contribution in [2.45, 2.75) is 32.9 Å². The summed E-state index contributed by atoms with van der Waals surface area (Å²) in [6.07, 6.45) is -1.24. The Hall–Kier alpha value is -0.920. The molecule has 0 bridgehead atoms. The number of hydrogen-bond acceptors (Lipinski definition) is 0. The van der Waals surface area contributed by atoms with Gasteiger partial charge in [-0.05, 0) is 30.5 Å². The van der Waals surface area contributed by atoms with Gasteiger partial charge in [-0.3, -0.25) is 0 Å². The van der Waals surface area contributed by atoms with Crippen LogP contribution in [0.5, 0.6) is 0 Å². The summed E-state index contributed by atoms with van der Waals surface area (Å²) in [5.41, 5.74) is 1.13. The summed E-state index contributed by atoms with van der Waals surface area (Å²) in [5, 5.41) is 0. The van der Waals surface area contributed by atoms with E-state index in [1.54, 1.807) is 12.1 Å². The molecule has 1 aromatic rings. The zero-order valence-electron chi connectivity index (χ0n) is 8.14. The highest BCUT2D eigenvalue weighted by Crippen LogP contribution is 2.24. The van der Waals surface area contributed by atoms with Crippen LogP contribution in [0.1, 0.15) is 44.0 Å². The van der Waals surface area contributed by atoms with Gasteiger partial charge in [0.1, 0.15) is 12.0 Å². The first-order valence-electron chi connectivity index (χ1n) is 4.45. The highest BCUT2D eigenvalue weighted by atomic mass is 19.1. The molecule has 0 saturated heterocycles. The van der Waals surface area contributed by atoms with Crippen LogP contribution in [0.3, 0.4) is 0 Å². The molecule has 0 nitrogen and oxygen atoms in total. The Morgan fingerprint density at radius 2 is 1.77 bits per heavy atom. The topological polar surface area (TPSA) is 0 Å². The van der Waals surface area contributed by atoms with E-state index in [9.17, 15) is 8.78 Å². The minimum absolute atomic E-state index is 0.159. The van der Waals surface area contributed by atoms with E-state index in [1.165, 1.54) is 13.0 Å². The predicted molar refractivity (Wildman–Crippen MR) is 50.0 cm³/mol. The second kappa shape index (κ2) is 3.86. The first-order chi connectivity index (χ1) is 6.02. The first kappa shape index (κ1) is 10.2. The van der Waals surface area contributed by atoms with Crippen LogP contribution in [0.15, 0.2) is 18.2 Å². The van der Waals surface area contributed by atoms with Crippen molar-refractivity contribution in [1.29, 1.82) is 0 Å². The summed E-state index contributed by atoms with van der Waals surface area (Å²) in [5.74, 6) is -0.155. The van der Waals surface area contributed by atoms with Gasteiger partial charge in [-0.1, -0.05) is 19.9 Å². The molecule has 0 amide bonds. The van der Waals surface area contributed by atoms with Crippen molar-refractivity contribution < 1.29 is 8.78 Å². The molecule has 1 unspecified atom stereocenters. The molecule has 0 aliphatic carbocycles. The molecule has 13 heavy (non-hydrogen) atoms. The molecular weight excluding hydrogens is 170 g/mol. The third-order valence-corrected chi connectivity index (χ3v) is 2.12. The Labute approximate surface area is 77.6 Å². The van der Waals surface area contributed by atoms with Crippen LogP contribution in [-0.4, -0.2) is 0 Å². The van der Waals surface area contributed by atoms with Crippen LogP contribution in [0.4, 0.5) is 8.78 Å². The minimum atomic E-state index is -1.24. The molecule has 0 aromatic heterocycles. The lowest BCUT2D eigenvalue weighted by molar-refractivity contribution is 0.361. The third kappa shape index (κ3) is 2.27. The van der Waals surface area contributed by atoms with Gasteiger partial charge in [-0.25, -0.2) is 8.78 Å². The quantitative estimate of drug-likeness (QED) is 0.652. The van der Waals surface area contributed by atoms with Crippen molar-refractivity contribution in [3.05, 3.63) is 35.1 Å². The van der Waals surface area contributed by atoms with Crippen LogP contribution in [0.25, 0.3) is 0 Å². The summed E-state index contributed by atoms with van der Waals surface area (Å²) in [7, 11) is 0. The van der Waals surface area contributed by atoms with Crippen LogP contribution in [-0.2, 0) is 0 Å². The summed E-state index contributed by atoms with van der Waals surface area (Å²) >= 11 is 0. The Morgan fingerprint density at radius 3 is 2.23 bits per heavy atom. The number of hydrogen-bond donors (Lipinski definition) is 0. The number of halogens is 2. The number of rotatable bonds is 2. The molecule has 0 heterocycles. The van der Waals surface area contributed by atoms with Crippen molar-refractivity contribution in [3.8, 4) is 0 Å². The fraction of sp³-hybridized carbons (Fsp3) is 0.455. The summed E-state index contributed by atoms with van der Waals surface area (Å²) in [6, 6.07) is 4.64. The molecule has 2 heteroatoms. The number of alkyl halides is 1. The van der Waals surface area contributed by atoms with Crippen LogP contribution >= 0.6 is 0 Å².